The van der Waals surface area contributed by atoms with E-state index in [2.05, 4.69) is 5.32 Å². The van der Waals surface area contributed by atoms with Crippen LogP contribution >= 0.6 is 0 Å². The molecule has 1 saturated heterocycles. The number of anilines is 2. The highest BCUT2D eigenvalue weighted by Crippen LogP contribution is 2.36. The number of fused-ring (bicyclic) bond motifs is 1. The predicted octanol–water partition coefficient (Wildman–Crippen LogP) is 4.14. The van der Waals surface area contributed by atoms with Gasteiger partial charge in [0.15, 0.2) is 0 Å². The molecule has 4 rings (SSSR count). The van der Waals surface area contributed by atoms with Crippen molar-refractivity contribution < 1.29 is 32.2 Å². The summed E-state index contributed by atoms with van der Waals surface area (Å²) in [5.41, 5.74) is -0.731. The number of amides is 1. The summed E-state index contributed by atoms with van der Waals surface area (Å²) in [6.45, 7) is 0.715. The number of rotatable bonds is 4. The third kappa shape index (κ3) is 4.61. The number of nitrogens with zero attached hydrogens (tertiary/aromatic N) is 1. The van der Waals surface area contributed by atoms with Gasteiger partial charge in [0.2, 0.25) is 5.91 Å². The number of carbonyl (C=O) groups excluding carboxylic acids is 1. The highest BCUT2D eigenvalue weighted by atomic mass is 19.4. The molecule has 0 radical (unpaired) electrons. The minimum Gasteiger partial charge on any atom is -0.490 e. The van der Waals surface area contributed by atoms with Crippen LogP contribution in [0.4, 0.5) is 28.9 Å². The van der Waals surface area contributed by atoms with Crippen LogP contribution in [0, 0.1) is 5.82 Å². The molecular formula is C22H22F4N2O3. The third-order valence-electron chi connectivity index (χ3n) is 5.81. The molecule has 2 N–H and O–H groups in total. The fourth-order valence-corrected chi connectivity index (χ4v) is 3.98. The molecule has 0 spiro atoms. The van der Waals surface area contributed by atoms with Gasteiger partial charge in [-0.25, -0.2) is 4.39 Å². The van der Waals surface area contributed by atoms with E-state index in [1.54, 1.807) is 11.0 Å². The molecule has 2 aromatic carbocycles. The minimum absolute atomic E-state index is 0.0323. The van der Waals surface area contributed by atoms with Crippen LogP contribution in [-0.2, 0) is 17.4 Å². The van der Waals surface area contributed by atoms with Crippen molar-refractivity contribution in [2.45, 2.75) is 37.5 Å². The number of alkyl halides is 3. The van der Waals surface area contributed by atoms with Gasteiger partial charge < -0.3 is 20.1 Å². The first-order valence-electron chi connectivity index (χ1n) is 10.0. The Bertz CT molecular complexity index is 985. The Morgan fingerprint density at radius 1 is 1.13 bits per heavy atom. The molecule has 2 heterocycles. The van der Waals surface area contributed by atoms with Crippen molar-refractivity contribution in [1.29, 1.82) is 0 Å². The first-order valence-corrected chi connectivity index (χ1v) is 10.0. The summed E-state index contributed by atoms with van der Waals surface area (Å²) in [5.74, 6) is -0.391. The van der Waals surface area contributed by atoms with E-state index in [9.17, 15) is 27.5 Å². The quantitative estimate of drug-likeness (QED) is 0.705. The number of carbonyl (C=O) groups is 1. The first kappa shape index (κ1) is 21.4. The lowest BCUT2D eigenvalue weighted by molar-refractivity contribution is -0.137. The molecule has 9 heteroatoms. The van der Waals surface area contributed by atoms with E-state index < -0.39 is 23.2 Å². The van der Waals surface area contributed by atoms with Crippen LogP contribution in [0.15, 0.2) is 36.4 Å². The van der Waals surface area contributed by atoms with Crippen LogP contribution in [0.5, 0.6) is 5.75 Å². The maximum Gasteiger partial charge on any atom is 0.416 e. The van der Waals surface area contributed by atoms with Crippen molar-refractivity contribution in [1.82, 2.24) is 0 Å². The molecular weight excluding hydrogens is 416 g/mol. The van der Waals surface area contributed by atoms with Gasteiger partial charge in [-0.1, -0.05) is 6.07 Å². The number of benzene rings is 2. The highest BCUT2D eigenvalue weighted by Gasteiger charge is 2.35. The lowest BCUT2D eigenvalue weighted by Crippen LogP contribution is -2.48. The fraction of sp³-hybridized carbons (Fsp3) is 0.409. The summed E-state index contributed by atoms with van der Waals surface area (Å²) in [7, 11) is 0. The summed E-state index contributed by atoms with van der Waals surface area (Å²) in [6, 6.07) is 7.82. The molecule has 2 aliphatic heterocycles. The Kier molecular flexibility index (Phi) is 5.55. The van der Waals surface area contributed by atoms with Crippen LogP contribution in [0.2, 0.25) is 0 Å². The average Bonchev–Trinajstić information content (AvgIpc) is 2.74. The minimum atomic E-state index is -4.41. The maximum absolute atomic E-state index is 14.0. The fourth-order valence-electron chi connectivity index (χ4n) is 3.98. The monoisotopic (exact) mass is 438 g/mol. The molecule has 0 saturated carbocycles. The molecule has 0 unspecified atom stereocenters. The third-order valence-corrected chi connectivity index (χ3v) is 5.81. The van der Waals surface area contributed by atoms with Gasteiger partial charge in [0, 0.05) is 30.8 Å². The van der Waals surface area contributed by atoms with Crippen LogP contribution in [0.25, 0.3) is 0 Å². The van der Waals surface area contributed by atoms with Gasteiger partial charge in [-0.05, 0) is 49.6 Å². The van der Waals surface area contributed by atoms with Crippen molar-refractivity contribution in [2.75, 3.05) is 29.9 Å². The van der Waals surface area contributed by atoms with Crippen molar-refractivity contribution in [3.63, 3.8) is 0 Å². The van der Waals surface area contributed by atoms with E-state index >= 15 is 0 Å². The van der Waals surface area contributed by atoms with Crippen molar-refractivity contribution in [2.24, 2.45) is 0 Å². The maximum atomic E-state index is 14.0. The van der Waals surface area contributed by atoms with Crippen LogP contribution in [-0.4, -0.2) is 36.3 Å². The average molecular weight is 438 g/mol. The molecule has 0 aromatic heterocycles. The Morgan fingerprint density at radius 3 is 2.58 bits per heavy atom. The summed E-state index contributed by atoms with van der Waals surface area (Å²) in [6.07, 6.45) is -3.22. The molecule has 0 bridgehead atoms. The number of hydrogen-bond acceptors (Lipinski definition) is 4. The zero-order chi connectivity index (χ0) is 22.2. The summed E-state index contributed by atoms with van der Waals surface area (Å²) in [5, 5.41) is 13.4. The van der Waals surface area contributed by atoms with Crippen molar-refractivity contribution in [3.8, 4) is 5.75 Å². The number of halogens is 4. The predicted molar refractivity (Wildman–Crippen MR) is 107 cm³/mol. The van der Waals surface area contributed by atoms with Gasteiger partial charge in [-0.15, -0.1) is 0 Å². The smallest absolute Gasteiger partial charge is 0.416 e. The van der Waals surface area contributed by atoms with E-state index in [0.717, 1.165) is 12.1 Å². The molecule has 0 atom stereocenters. The lowest BCUT2D eigenvalue weighted by Gasteiger charge is -2.39. The standard InChI is InChI=1S/C22H22F4N2O3/c23-17-5-6-18(16-4-7-19(29)27-20(16)17)31-13-21(30)8-10-28(11-9-21)15-3-1-2-14(12-15)22(24,25)26/h1-3,5-6,12,30H,4,7-11,13H2,(H,27,29). The van der Waals surface area contributed by atoms with Crippen LogP contribution < -0.4 is 15.0 Å². The van der Waals surface area contributed by atoms with Gasteiger partial charge in [0.1, 0.15) is 23.8 Å². The van der Waals surface area contributed by atoms with Crippen molar-refractivity contribution in [3.05, 3.63) is 53.3 Å². The van der Waals surface area contributed by atoms with Gasteiger partial charge in [0.05, 0.1) is 11.3 Å². The molecule has 5 nitrogen and oxygen atoms in total. The molecule has 2 aliphatic rings. The lowest BCUT2D eigenvalue weighted by atomic mass is 9.91. The van der Waals surface area contributed by atoms with Gasteiger partial charge in [-0.3, -0.25) is 4.79 Å². The van der Waals surface area contributed by atoms with Gasteiger partial charge >= 0.3 is 6.18 Å². The zero-order valence-electron chi connectivity index (χ0n) is 16.6. The van der Waals surface area contributed by atoms with E-state index in [1.807, 2.05) is 0 Å². The number of hydrogen-bond donors (Lipinski definition) is 2. The molecule has 31 heavy (non-hydrogen) atoms. The number of ether oxygens (including phenoxy) is 1. The highest BCUT2D eigenvalue weighted by molar-refractivity contribution is 5.94. The normalized spacial score (nSPS) is 18.4. The SMILES string of the molecule is O=C1CCc2c(OCC3(O)CCN(c4cccc(C(F)(F)F)c4)CC3)ccc(F)c2N1. The second-order valence-electron chi connectivity index (χ2n) is 8.00. The Balaban J connectivity index is 1.40. The first-order chi connectivity index (χ1) is 14.6. The van der Waals surface area contributed by atoms with Crippen LogP contribution in [0.1, 0.15) is 30.4 Å². The van der Waals surface area contributed by atoms with Gasteiger partial charge in [-0.2, -0.15) is 13.2 Å². The van der Waals surface area contributed by atoms with Crippen LogP contribution in [0.3, 0.4) is 0 Å². The second-order valence-corrected chi connectivity index (χ2v) is 8.00. The summed E-state index contributed by atoms with van der Waals surface area (Å²) < 4.78 is 58.7. The molecule has 1 amide bonds. The topological polar surface area (TPSA) is 61.8 Å². The molecule has 0 aliphatic carbocycles. The van der Waals surface area contributed by atoms with Gasteiger partial charge in [0.25, 0.3) is 0 Å². The zero-order valence-corrected chi connectivity index (χ0v) is 16.6. The molecule has 2 aromatic rings. The number of aliphatic hydroxyl groups is 1. The summed E-state index contributed by atoms with van der Waals surface area (Å²) >= 11 is 0. The summed E-state index contributed by atoms with van der Waals surface area (Å²) in [4.78, 5) is 13.3. The second kappa shape index (κ2) is 8.03. The molecule has 166 valence electrons. The van der Waals surface area contributed by atoms with E-state index in [0.29, 0.717) is 49.4 Å². The van der Waals surface area contributed by atoms with Crippen molar-refractivity contribution >= 4 is 17.3 Å². The van der Waals surface area contributed by atoms with E-state index in [1.165, 1.54) is 18.2 Å². The Morgan fingerprint density at radius 2 is 1.87 bits per heavy atom. The Labute approximate surface area is 176 Å². The molecule has 1 fully saturated rings. The number of nitrogens with one attached hydrogen (secondary N) is 1. The largest absolute Gasteiger partial charge is 0.490 e. The van der Waals surface area contributed by atoms with E-state index in [4.69, 9.17) is 4.74 Å². The Hall–Kier alpha value is -2.81. The number of piperidine rings is 1. The van der Waals surface area contributed by atoms with E-state index in [-0.39, 0.29) is 24.6 Å².